The highest BCUT2D eigenvalue weighted by Gasteiger charge is 2.30. The van der Waals surface area contributed by atoms with Crippen molar-refractivity contribution >= 4 is 11.7 Å². The molecule has 0 spiro atoms. The van der Waals surface area contributed by atoms with Gasteiger partial charge in [-0.3, -0.25) is 14.5 Å². The van der Waals surface area contributed by atoms with Crippen LogP contribution >= 0.6 is 0 Å². The lowest BCUT2D eigenvalue weighted by molar-refractivity contribution is -0.135. The Hall–Kier alpha value is -0.900. The van der Waals surface area contributed by atoms with Gasteiger partial charge in [0.25, 0.3) is 0 Å². The van der Waals surface area contributed by atoms with Crippen LogP contribution in [0.15, 0.2) is 0 Å². The number of rotatable bonds is 3. The molecule has 0 unspecified atom stereocenters. The Kier molecular flexibility index (Phi) is 4.84. The van der Waals surface area contributed by atoms with Crippen LogP contribution in [0.25, 0.3) is 0 Å². The second-order valence-electron chi connectivity index (χ2n) is 7.23. The second-order valence-corrected chi connectivity index (χ2v) is 7.23. The molecule has 0 atom stereocenters. The molecule has 1 aliphatic carbocycles. The minimum absolute atomic E-state index is 0.185. The van der Waals surface area contributed by atoms with Gasteiger partial charge >= 0.3 is 0 Å². The molecule has 0 N–H and O–H groups in total. The van der Waals surface area contributed by atoms with E-state index in [2.05, 4.69) is 25.8 Å². The predicted octanol–water partition coefficient (Wildman–Crippen LogP) is 2.08. The third-order valence-corrected chi connectivity index (χ3v) is 4.99. The molecule has 0 aromatic rings. The first-order valence-corrected chi connectivity index (χ1v) is 7.87. The van der Waals surface area contributed by atoms with Crippen molar-refractivity contribution in [1.29, 1.82) is 0 Å². The van der Waals surface area contributed by atoms with Crippen LogP contribution in [0.5, 0.6) is 0 Å². The zero-order chi connectivity index (χ0) is 14.8. The normalized spacial score (nSPS) is 24.2. The molecular formula is C16H28N2O2. The van der Waals surface area contributed by atoms with Gasteiger partial charge in [-0.05, 0) is 38.1 Å². The third kappa shape index (κ3) is 4.05. The van der Waals surface area contributed by atoms with E-state index in [4.69, 9.17) is 0 Å². The van der Waals surface area contributed by atoms with Crippen LogP contribution in [-0.2, 0) is 9.59 Å². The SMILES string of the molecule is CN(CC(=O)N1CCC(=O)CC1)C1CCC(C)(C)CC1. The first-order valence-electron chi connectivity index (χ1n) is 7.87. The first-order chi connectivity index (χ1) is 9.37. The van der Waals surface area contributed by atoms with E-state index in [1.807, 2.05) is 4.90 Å². The van der Waals surface area contributed by atoms with Gasteiger partial charge in [-0.25, -0.2) is 0 Å². The number of piperidine rings is 1. The minimum Gasteiger partial charge on any atom is -0.341 e. The number of nitrogens with zero attached hydrogens (tertiary/aromatic N) is 2. The molecule has 1 saturated carbocycles. The Balaban J connectivity index is 1.78. The van der Waals surface area contributed by atoms with Crippen LogP contribution in [0.1, 0.15) is 52.4 Å². The summed E-state index contributed by atoms with van der Waals surface area (Å²) in [6, 6.07) is 0.540. The smallest absolute Gasteiger partial charge is 0.236 e. The summed E-state index contributed by atoms with van der Waals surface area (Å²) in [5.41, 5.74) is 0.467. The Bertz CT molecular complexity index is 359. The fourth-order valence-corrected chi connectivity index (χ4v) is 3.27. The summed E-state index contributed by atoms with van der Waals surface area (Å²) in [6.07, 6.45) is 5.94. The topological polar surface area (TPSA) is 40.6 Å². The molecule has 4 heteroatoms. The van der Waals surface area contributed by atoms with Gasteiger partial charge in [0, 0.05) is 32.0 Å². The van der Waals surface area contributed by atoms with E-state index in [9.17, 15) is 9.59 Å². The van der Waals surface area contributed by atoms with E-state index in [0.29, 0.717) is 43.9 Å². The summed E-state index contributed by atoms with van der Waals surface area (Å²) in [6.45, 7) is 6.39. The van der Waals surface area contributed by atoms with Crippen LogP contribution in [0.3, 0.4) is 0 Å². The van der Waals surface area contributed by atoms with Gasteiger partial charge in [-0.1, -0.05) is 13.8 Å². The lowest BCUT2D eigenvalue weighted by Crippen LogP contribution is -2.46. The quantitative estimate of drug-likeness (QED) is 0.794. The molecule has 0 aromatic heterocycles. The van der Waals surface area contributed by atoms with E-state index >= 15 is 0 Å². The van der Waals surface area contributed by atoms with E-state index in [1.54, 1.807) is 0 Å². The Morgan fingerprint density at radius 2 is 1.80 bits per heavy atom. The first kappa shape index (κ1) is 15.5. The third-order valence-electron chi connectivity index (χ3n) is 4.99. The van der Waals surface area contributed by atoms with E-state index in [0.717, 1.165) is 0 Å². The molecule has 1 heterocycles. The Morgan fingerprint density at radius 3 is 2.35 bits per heavy atom. The summed E-state index contributed by atoms with van der Waals surface area (Å²) in [4.78, 5) is 27.5. The van der Waals surface area contributed by atoms with Gasteiger partial charge in [0.15, 0.2) is 0 Å². The zero-order valence-electron chi connectivity index (χ0n) is 13.2. The summed E-state index contributed by atoms with van der Waals surface area (Å²) in [5.74, 6) is 0.474. The number of hydrogen-bond acceptors (Lipinski definition) is 3. The van der Waals surface area contributed by atoms with Crippen molar-refractivity contribution in [3.8, 4) is 0 Å². The predicted molar refractivity (Wildman–Crippen MR) is 79.5 cm³/mol. The van der Waals surface area contributed by atoms with E-state index in [1.165, 1.54) is 25.7 Å². The van der Waals surface area contributed by atoms with Crippen LogP contribution in [-0.4, -0.2) is 54.2 Å². The summed E-state index contributed by atoms with van der Waals surface area (Å²) in [7, 11) is 2.07. The molecular weight excluding hydrogens is 252 g/mol. The molecule has 2 aliphatic rings. The molecule has 2 fully saturated rings. The highest BCUT2D eigenvalue weighted by Crippen LogP contribution is 2.36. The van der Waals surface area contributed by atoms with Gasteiger partial charge in [0.2, 0.25) is 5.91 Å². The number of likely N-dealkylation sites (N-methyl/N-ethyl adjacent to an activating group) is 1. The number of hydrogen-bond donors (Lipinski definition) is 0. The van der Waals surface area contributed by atoms with Crippen molar-refractivity contribution in [2.75, 3.05) is 26.7 Å². The summed E-state index contributed by atoms with van der Waals surface area (Å²) in [5, 5.41) is 0. The van der Waals surface area contributed by atoms with Crippen molar-refractivity contribution in [2.45, 2.75) is 58.4 Å². The zero-order valence-corrected chi connectivity index (χ0v) is 13.2. The van der Waals surface area contributed by atoms with Crippen molar-refractivity contribution < 1.29 is 9.59 Å². The maximum absolute atomic E-state index is 12.3. The van der Waals surface area contributed by atoms with Gasteiger partial charge in [-0.2, -0.15) is 0 Å². The number of amides is 1. The average molecular weight is 280 g/mol. The largest absolute Gasteiger partial charge is 0.341 e. The van der Waals surface area contributed by atoms with Crippen molar-refractivity contribution in [3.63, 3.8) is 0 Å². The molecule has 0 aromatic carbocycles. The number of carbonyl (C=O) groups is 2. The molecule has 0 radical (unpaired) electrons. The van der Waals surface area contributed by atoms with E-state index in [-0.39, 0.29) is 11.7 Å². The lowest BCUT2D eigenvalue weighted by atomic mass is 9.75. The number of ketones is 1. The van der Waals surface area contributed by atoms with Crippen LogP contribution < -0.4 is 0 Å². The van der Waals surface area contributed by atoms with Crippen molar-refractivity contribution in [1.82, 2.24) is 9.80 Å². The monoisotopic (exact) mass is 280 g/mol. The van der Waals surface area contributed by atoms with Crippen molar-refractivity contribution in [3.05, 3.63) is 0 Å². The minimum atomic E-state index is 0.185. The maximum atomic E-state index is 12.3. The van der Waals surface area contributed by atoms with Crippen molar-refractivity contribution in [2.24, 2.45) is 5.41 Å². The number of carbonyl (C=O) groups excluding carboxylic acids is 2. The van der Waals surface area contributed by atoms with Crippen LogP contribution in [0.4, 0.5) is 0 Å². The van der Waals surface area contributed by atoms with E-state index < -0.39 is 0 Å². The van der Waals surface area contributed by atoms with Crippen LogP contribution in [0.2, 0.25) is 0 Å². The highest BCUT2D eigenvalue weighted by atomic mass is 16.2. The highest BCUT2D eigenvalue weighted by molar-refractivity contribution is 5.84. The second kappa shape index (κ2) is 6.25. The molecule has 20 heavy (non-hydrogen) atoms. The summed E-state index contributed by atoms with van der Waals surface area (Å²) >= 11 is 0. The number of Topliss-reactive ketones (excluding diaryl/α,β-unsaturated/α-hetero) is 1. The fraction of sp³-hybridized carbons (Fsp3) is 0.875. The fourth-order valence-electron chi connectivity index (χ4n) is 3.27. The molecule has 2 rings (SSSR count). The molecule has 114 valence electrons. The van der Waals surface area contributed by atoms with Gasteiger partial charge in [-0.15, -0.1) is 0 Å². The molecule has 0 bridgehead atoms. The van der Waals surface area contributed by atoms with Crippen LogP contribution in [0, 0.1) is 5.41 Å². The Labute approximate surface area is 122 Å². The molecule has 1 aliphatic heterocycles. The lowest BCUT2D eigenvalue weighted by Gasteiger charge is -2.39. The van der Waals surface area contributed by atoms with Gasteiger partial charge in [0.05, 0.1) is 6.54 Å². The van der Waals surface area contributed by atoms with Gasteiger partial charge < -0.3 is 4.90 Å². The molecule has 1 amide bonds. The summed E-state index contributed by atoms with van der Waals surface area (Å²) < 4.78 is 0. The van der Waals surface area contributed by atoms with Gasteiger partial charge in [0.1, 0.15) is 5.78 Å². The maximum Gasteiger partial charge on any atom is 0.236 e. The number of likely N-dealkylation sites (tertiary alicyclic amines) is 1. The Morgan fingerprint density at radius 1 is 1.25 bits per heavy atom. The molecule has 4 nitrogen and oxygen atoms in total. The standard InChI is InChI=1S/C16H28N2O2/c1-16(2)8-4-13(5-9-16)17(3)12-15(20)18-10-6-14(19)7-11-18/h13H,4-12H2,1-3H3. The molecule has 1 saturated heterocycles. The average Bonchev–Trinajstić information content (AvgIpc) is 2.39.